The SMILES string of the molecule is CN(CCC1CCCC1(C#N)NC1CC1)CCC(F)(F)F. The Labute approximate surface area is 124 Å². The molecule has 0 aromatic carbocycles. The summed E-state index contributed by atoms with van der Waals surface area (Å²) in [7, 11) is 1.73. The molecule has 2 unspecified atom stereocenters. The molecule has 2 rings (SSSR count). The molecule has 0 heterocycles. The summed E-state index contributed by atoms with van der Waals surface area (Å²) in [5.74, 6) is 0.261. The van der Waals surface area contributed by atoms with E-state index < -0.39 is 18.1 Å². The molecule has 0 spiro atoms. The van der Waals surface area contributed by atoms with Gasteiger partial charge in [0.1, 0.15) is 5.54 Å². The van der Waals surface area contributed by atoms with E-state index >= 15 is 0 Å². The highest BCUT2D eigenvalue weighted by molar-refractivity contribution is 5.16. The molecule has 3 nitrogen and oxygen atoms in total. The number of nitrogens with zero attached hydrogens (tertiary/aromatic N) is 2. The standard InChI is InChI=1S/C15H24F3N3/c1-21(10-8-15(16,17)18)9-6-12-3-2-7-14(12,11-19)20-13-4-5-13/h12-13,20H,2-10H2,1H3. The van der Waals surface area contributed by atoms with Gasteiger partial charge in [-0.3, -0.25) is 5.32 Å². The maximum Gasteiger partial charge on any atom is 0.390 e. The molecule has 1 N–H and O–H groups in total. The molecule has 21 heavy (non-hydrogen) atoms. The van der Waals surface area contributed by atoms with Crippen LogP contribution in [0.25, 0.3) is 0 Å². The third-order valence-corrected chi connectivity index (χ3v) is 4.70. The second-order valence-corrected chi connectivity index (χ2v) is 6.55. The summed E-state index contributed by atoms with van der Waals surface area (Å²) in [4.78, 5) is 1.73. The van der Waals surface area contributed by atoms with Gasteiger partial charge < -0.3 is 4.90 Å². The summed E-state index contributed by atoms with van der Waals surface area (Å²) in [5.41, 5.74) is -0.438. The number of hydrogen-bond donors (Lipinski definition) is 1. The highest BCUT2D eigenvalue weighted by atomic mass is 19.4. The second kappa shape index (κ2) is 6.53. The number of halogens is 3. The molecule has 2 saturated carbocycles. The first-order chi connectivity index (χ1) is 9.85. The van der Waals surface area contributed by atoms with E-state index in [1.165, 1.54) is 0 Å². The molecule has 0 amide bonds. The van der Waals surface area contributed by atoms with Crippen LogP contribution in [0.4, 0.5) is 13.2 Å². The predicted molar refractivity (Wildman–Crippen MR) is 74.6 cm³/mol. The van der Waals surface area contributed by atoms with Crippen molar-refractivity contribution in [1.29, 1.82) is 5.26 Å². The first-order valence-electron chi connectivity index (χ1n) is 7.79. The lowest BCUT2D eigenvalue weighted by Crippen LogP contribution is -2.48. The quantitative estimate of drug-likeness (QED) is 0.785. The lowest BCUT2D eigenvalue weighted by Gasteiger charge is -2.31. The fourth-order valence-corrected chi connectivity index (χ4v) is 3.24. The van der Waals surface area contributed by atoms with Crippen LogP contribution in [-0.2, 0) is 0 Å². The summed E-state index contributed by atoms with van der Waals surface area (Å²) in [5, 5.41) is 13.1. The molecule has 0 aliphatic heterocycles. The Morgan fingerprint density at radius 3 is 2.57 bits per heavy atom. The van der Waals surface area contributed by atoms with Gasteiger partial charge in [-0.25, -0.2) is 0 Å². The fraction of sp³-hybridized carbons (Fsp3) is 0.933. The summed E-state index contributed by atoms with van der Waals surface area (Å²) in [6.45, 7) is 0.655. The van der Waals surface area contributed by atoms with Crippen molar-refractivity contribution >= 4 is 0 Å². The molecule has 2 atom stereocenters. The van der Waals surface area contributed by atoms with E-state index in [-0.39, 0.29) is 12.5 Å². The largest absolute Gasteiger partial charge is 0.390 e. The Morgan fingerprint density at radius 1 is 1.29 bits per heavy atom. The van der Waals surface area contributed by atoms with Crippen molar-refractivity contribution in [3.8, 4) is 6.07 Å². The summed E-state index contributed by atoms with van der Waals surface area (Å²) >= 11 is 0. The maximum atomic E-state index is 12.2. The van der Waals surface area contributed by atoms with Crippen molar-refractivity contribution in [1.82, 2.24) is 10.2 Å². The molecule has 0 saturated heterocycles. The van der Waals surface area contributed by atoms with Crippen LogP contribution >= 0.6 is 0 Å². The van der Waals surface area contributed by atoms with E-state index in [0.29, 0.717) is 12.6 Å². The normalized spacial score (nSPS) is 29.8. The smallest absolute Gasteiger partial charge is 0.306 e. The molecule has 2 fully saturated rings. The third-order valence-electron chi connectivity index (χ3n) is 4.70. The molecule has 120 valence electrons. The van der Waals surface area contributed by atoms with Crippen LogP contribution < -0.4 is 5.32 Å². The average Bonchev–Trinajstić information content (AvgIpc) is 3.13. The molecule has 2 aliphatic carbocycles. The van der Waals surface area contributed by atoms with E-state index in [4.69, 9.17) is 0 Å². The zero-order valence-corrected chi connectivity index (χ0v) is 12.5. The summed E-state index contributed by atoms with van der Waals surface area (Å²) in [6, 6.07) is 2.95. The topological polar surface area (TPSA) is 39.1 Å². The second-order valence-electron chi connectivity index (χ2n) is 6.55. The number of alkyl halides is 3. The number of rotatable bonds is 7. The van der Waals surface area contributed by atoms with Crippen LogP contribution in [0.15, 0.2) is 0 Å². The first kappa shape index (κ1) is 16.6. The van der Waals surface area contributed by atoms with Crippen molar-refractivity contribution in [3.63, 3.8) is 0 Å². The minimum Gasteiger partial charge on any atom is -0.306 e. The lowest BCUT2D eigenvalue weighted by atomic mass is 9.85. The Balaban J connectivity index is 1.79. The molecular formula is C15H24F3N3. The predicted octanol–water partition coefficient (Wildman–Crippen LogP) is 3.08. The van der Waals surface area contributed by atoms with E-state index in [0.717, 1.165) is 38.5 Å². The average molecular weight is 303 g/mol. The highest BCUT2D eigenvalue weighted by Gasteiger charge is 2.45. The Hall–Kier alpha value is -0.800. The number of hydrogen-bond acceptors (Lipinski definition) is 3. The van der Waals surface area contributed by atoms with Gasteiger partial charge in [0.15, 0.2) is 0 Å². The Bertz CT molecular complexity index is 387. The van der Waals surface area contributed by atoms with Gasteiger partial charge in [0, 0.05) is 12.6 Å². The van der Waals surface area contributed by atoms with Crippen LogP contribution in [0.3, 0.4) is 0 Å². The third kappa shape index (κ3) is 4.86. The molecule has 2 aliphatic rings. The number of nitriles is 1. The Morgan fingerprint density at radius 2 is 2.00 bits per heavy atom. The summed E-state index contributed by atoms with van der Waals surface area (Å²) < 4.78 is 36.6. The van der Waals surface area contributed by atoms with Crippen LogP contribution in [0.5, 0.6) is 0 Å². The van der Waals surface area contributed by atoms with Gasteiger partial charge >= 0.3 is 6.18 Å². The zero-order valence-electron chi connectivity index (χ0n) is 12.5. The van der Waals surface area contributed by atoms with Crippen molar-refractivity contribution in [2.75, 3.05) is 20.1 Å². The van der Waals surface area contributed by atoms with Gasteiger partial charge in [0.05, 0.1) is 12.5 Å². The van der Waals surface area contributed by atoms with E-state index in [1.807, 2.05) is 0 Å². The van der Waals surface area contributed by atoms with Crippen LogP contribution in [0.1, 0.15) is 44.9 Å². The van der Waals surface area contributed by atoms with Gasteiger partial charge in [0.25, 0.3) is 0 Å². The molecular weight excluding hydrogens is 279 g/mol. The summed E-state index contributed by atoms with van der Waals surface area (Å²) in [6.07, 6.45) is 1.12. The van der Waals surface area contributed by atoms with Gasteiger partial charge in [0.2, 0.25) is 0 Å². The van der Waals surface area contributed by atoms with E-state index in [1.54, 1.807) is 11.9 Å². The van der Waals surface area contributed by atoms with Crippen molar-refractivity contribution in [2.24, 2.45) is 5.92 Å². The molecule has 0 aromatic rings. The van der Waals surface area contributed by atoms with Crippen molar-refractivity contribution < 1.29 is 13.2 Å². The van der Waals surface area contributed by atoms with E-state index in [2.05, 4.69) is 11.4 Å². The van der Waals surface area contributed by atoms with E-state index in [9.17, 15) is 18.4 Å². The van der Waals surface area contributed by atoms with Gasteiger partial charge in [-0.1, -0.05) is 6.42 Å². The minimum atomic E-state index is -4.09. The molecule has 6 heteroatoms. The minimum absolute atomic E-state index is 0.0336. The van der Waals surface area contributed by atoms with Crippen LogP contribution in [0, 0.1) is 17.2 Å². The number of nitrogens with one attached hydrogen (secondary N) is 1. The molecule has 0 aromatic heterocycles. The Kier molecular flexibility index (Phi) is 5.15. The fourth-order valence-electron chi connectivity index (χ4n) is 3.24. The lowest BCUT2D eigenvalue weighted by molar-refractivity contribution is -0.137. The molecule has 0 bridgehead atoms. The highest BCUT2D eigenvalue weighted by Crippen LogP contribution is 2.40. The van der Waals surface area contributed by atoms with Crippen molar-refractivity contribution in [3.05, 3.63) is 0 Å². The van der Waals surface area contributed by atoms with Crippen LogP contribution in [-0.4, -0.2) is 42.8 Å². The van der Waals surface area contributed by atoms with Gasteiger partial charge in [-0.05, 0) is 51.6 Å². The molecule has 0 radical (unpaired) electrons. The van der Waals surface area contributed by atoms with Crippen LogP contribution in [0.2, 0.25) is 0 Å². The van der Waals surface area contributed by atoms with Crippen molar-refractivity contribution in [2.45, 2.75) is 62.7 Å². The first-order valence-corrected chi connectivity index (χ1v) is 7.79. The maximum absolute atomic E-state index is 12.2. The zero-order chi connectivity index (χ0) is 15.5. The van der Waals surface area contributed by atoms with Gasteiger partial charge in [-0.15, -0.1) is 0 Å². The van der Waals surface area contributed by atoms with Gasteiger partial charge in [-0.2, -0.15) is 18.4 Å². The monoisotopic (exact) mass is 303 g/mol.